The van der Waals surface area contributed by atoms with Gasteiger partial charge in [0.2, 0.25) is 0 Å². The predicted octanol–water partition coefficient (Wildman–Crippen LogP) is 3.87. The number of aryl methyl sites for hydroxylation is 1. The van der Waals surface area contributed by atoms with Gasteiger partial charge in [-0.05, 0) is 62.9 Å². The first-order valence-corrected chi connectivity index (χ1v) is 9.37. The molecule has 1 unspecified atom stereocenters. The normalized spacial score (nSPS) is 16.3. The van der Waals surface area contributed by atoms with Gasteiger partial charge in [-0.1, -0.05) is 0 Å². The van der Waals surface area contributed by atoms with Crippen LogP contribution in [0, 0.1) is 6.92 Å². The van der Waals surface area contributed by atoms with Crippen molar-refractivity contribution in [2.75, 3.05) is 25.5 Å². The second kappa shape index (κ2) is 8.86. The lowest BCUT2D eigenvalue weighted by Crippen LogP contribution is -2.28. The van der Waals surface area contributed by atoms with E-state index in [0.29, 0.717) is 35.2 Å². The summed E-state index contributed by atoms with van der Waals surface area (Å²) in [6.07, 6.45) is 6.04. The molecule has 2 heterocycles. The number of furan rings is 1. The Bertz CT molecular complexity index is 776. The van der Waals surface area contributed by atoms with E-state index in [9.17, 15) is 9.59 Å². The summed E-state index contributed by atoms with van der Waals surface area (Å²) in [6, 6.07) is 8.57. The van der Waals surface area contributed by atoms with Crippen LogP contribution in [0.3, 0.4) is 0 Å². The van der Waals surface area contributed by atoms with Crippen LogP contribution in [0.25, 0.3) is 0 Å². The average molecular weight is 370 g/mol. The Balaban J connectivity index is 1.50. The fourth-order valence-electron chi connectivity index (χ4n) is 3.27. The van der Waals surface area contributed by atoms with Crippen molar-refractivity contribution >= 4 is 17.5 Å². The molecule has 0 saturated carbocycles. The lowest BCUT2D eigenvalue weighted by atomic mass is 10.1. The molecule has 1 aliphatic rings. The van der Waals surface area contributed by atoms with Crippen molar-refractivity contribution in [2.24, 2.45) is 0 Å². The van der Waals surface area contributed by atoms with E-state index in [1.54, 1.807) is 42.2 Å². The van der Waals surface area contributed by atoms with E-state index in [1.165, 1.54) is 6.26 Å². The van der Waals surface area contributed by atoms with E-state index >= 15 is 0 Å². The molecule has 6 nitrogen and oxygen atoms in total. The van der Waals surface area contributed by atoms with Crippen molar-refractivity contribution in [3.63, 3.8) is 0 Å². The summed E-state index contributed by atoms with van der Waals surface area (Å²) < 4.78 is 10.8. The third-order valence-corrected chi connectivity index (χ3v) is 4.88. The van der Waals surface area contributed by atoms with Crippen LogP contribution in [0.5, 0.6) is 0 Å². The summed E-state index contributed by atoms with van der Waals surface area (Å²) in [4.78, 5) is 26.5. The number of benzene rings is 1. The Morgan fingerprint density at radius 3 is 2.63 bits per heavy atom. The molecule has 1 N–H and O–H groups in total. The number of rotatable bonds is 7. The van der Waals surface area contributed by atoms with Gasteiger partial charge >= 0.3 is 0 Å². The summed E-state index contributed by atoms with van der Waals surface area (Å²) in [6.45, 7) is 3.31. The minimum Gasteiger partial charge on any atom is -0.469 e. The molecule has 27 heavy (non-hydrogen) atoms. The molecule has 2 amide bonds. The van der Waals surface area contributed by atoms with Gasteiger partial charge in [0.05, 0.1) is 17.9 Å². The number of nitrogens with one attached hydrogen (secondary N) is 1. The summed E-state index contributed by atoms with van der Waals surface area (Å²) >= 11 is 0. The molecule has 0 spiro atoms. The lowest BCUT2D eigenvalue weighted by Gasteiger charge is -2.18. The first-order chi connectivity index (χ1) is 13.0. The van der Waals surface area contributed by atoms with E-state index in [2.05, 4.69) is 5.32 Å². The van der Waals surface area contributed by atoms with Crippen LogP contribution in [-0.4, -0.2) is 43.0 Å². The maximum absolute atomic E-state index is 12.5. The van der Waals surface area contributed by atoms with E-state index in [-0.39, 0.29) is 11.8 Å². The fraction of sp³-hybridized carbons (Fsp3) is 0.429. The highest BCUT2D eigenvalue weighted by molar-refractivity contribution is 6.05. The van der Waals surface area contributed by atoms with Gasteiger partial charge in [-0.3, -0.25) is 9.59 Å². The molecule has 1 aliphatic heterocycles. The summed E-state index contributed by atoms with van der Waals surface area (Å²) in [5, 5.41) is 2.81. The molecule has 1 aromatic heterocycles. The van der Waals surface area contributed by atoms with Crippen LogP contribution in [-0.2, 0) is 4.74 Å². The van der Waals surface area contributed by atoms with Gasteiger partial charge in [-0.25, -0.2) is 0 Å². The topological polar surface area (TPSA) is 71.8 Å². The van der Waals surface area contributed by atoms with Crippen LogP contribution in [0.4, 0.5) is 5.69 Å². The second-order valence-corrected chi connectivity index (χ2v) is 6.93. The zero-order valence-electron chi connectivity index (χ0n) is 15.9. The van der Waals surface area contributed by atoms with Crippen LogP contribution in [0.1, 0.15) is 52.2 Å². The number of ether oxygens (including phenoxy) is 1. The highest BCUT2D eigenvalue weighted by Gasteiger charge is 2.17. The molecule has 144 valence electrons. The van der Waals surface area contributed by atoms with Crippen LogP contribution >= 0.6 is 0 Å². The summed E-state index contributed by atoms with van der Waals surface area (Å²) in [7, 11) is 1.81. The first-order valence-electron chi connectivity index (χ1n) is 9.37. The zero-order valence-corrected chi connectivity index (χ0v) is 15.9. The van der Waals surface area contributed by atoms with Crippen LogP contribution in [0.15, 0.2) is 41.0 Å². The maximum atomic E-state index is 12.5. The SMILES string of the molecule is Cc1occc1C(=O)Nc1ccc(C(=O)N(C)CCCC2CCCO2)cc1. The smallest absolute Gasteiger partial charge is 0.259 e. The van der Waals surface area contributed by atoms with Crippen molar-refractivity contribution in [1.82, 2.24) is 4.90 Å². The van der Waals surface area contributed by atoms with Crippen molar-refractivity contribution in [1.29, 1.82) is 0 Å². The zero-order chi connectivity index (χ0) is 19.2. The highest BCUT2D eigenvalue weighted by atomic mass is 16.5. The molecular weight excluding hydrogens is 344 g/mol. The molecule has 0 aliphatic carbocycles. The Labute approximate surface area is 159 Å². The minimum absolute atomic E-state index is 0.0223. The van der Waals surface area contributed by atoms with E-state index in [4.69, 9.17) is 9.15 Å². The Morgan fingerprint density at radius 2 is 2.00 bits per heavy atom. The molecular formula is C21H26N2O4. The first kappa shape index (κ1) is 19.2. The molecule has 0 radical (unpaired) electrons. The van der Waals surface area contributed by atoms with E-state index in [1.807, 2.05) is 7.05 Å². The maximum Gasteiger partial charge on any atom is 0.259 e. The molecule has 3 rings (SSSR count). The van der Waals surface area contributed by atoms with Gasteiger partial charge < -0.3 is 19.4 Å². The monoisotopic (exact) mass is 370 g/mol. The molecule has 1 saturated heterocycles. The number of anilines is 1. The van der Waals surface area contributed by atoms with Crippen LogP contribution < -0.4 is 5.32 Å². The number of hydrogen-bond acceptors (Lipinski definition) is 4. The molecule has 1 atom stereocenters. The second-order valence-electron chi connectivity index (χ2n) is 6.93. The minimum atomic E-state index is -0.230. The van der Waals surface area contributed by atoms with Crippen molar-refractivity contribution in [2.45, 2.75) is 38.7 Å². The lowest BCUT2D eigenvalue weighted by molar-refractivity contribution is 0.0763. The van der Waals surface area contributed by atoms with Gasteiger partial charge in [0.25, 0.3) is 11.8 Å². The number of carbonyl (C=O) groups is 2. The van der Waals surface area contributed by atoms with Gasteiger partial charge in [-0.15, -0.1) is 0 Å². The average Bonchev–Trinajstić information content (AvgIpc) is 3.33. The largest absolute Gasteiger partial charge is 0.469 e. The van der Waals surface area contributed by atoms with Gasteiger partial charge in [-0.2, -0.15) is 0 Å². The van der Waals surface area contributed by atoms with Crippen molar-refractivity contribution < 1.29 is 18.7 Å². The molecule has 0 bridgehead atoms. The molecule has 1 fully saturated rings. The molecule has 2 aromatic rings. The Kier molecular flexibility index (Phi) is 6.29. The Hall–Kier alpha value is -2.60. The number of hydrogen-bond donors (Lipinski definition) is 1. The third kappa shape index (κ3) is 4.98. The van der Waals surface area contributed by atoms with E-state index < -0.39 is 0 Å². The van der Waals surface area contributed by atoms with Crippen molar-refractivity contribution in [3.8, 4) is 0 Å². The molecule has 6 heteroatoms. The number of carbonyl (C=O) groups excluding carboxylic acids is 2. The van der Waals surface area contributed by atoms with Crippen LogP contribution in [0.2, 0.25) is 0 Å². The fourth-order valence-corrected chi connectivity index (χ4v) is 3.27. The Morgan fingerprint density at radius 1 is 1.22 bits per heavy atom. The predicted molar refractivity (Wildman–Crippen MR) is 103 cm³/mol. The number of nitrogens with zero attached hydrogens (tertiary/aromatic N) is 1. The van der Waals surface area contributed by atoms with Gasteiger partial charge in [0.1, 0.15) is 5.76 Å². The summed E-state index contributed by atoms with van der Waals surface area (Å²) in [5.74, 6) is 0.321. The standard InChI is InChI=1S/C21H26N2O4/c1-15-19(11-14-26-15)20(24)22-17-9-7-16(8-10-17)21(25)23(2)12-3-5-18-6-4-13-27-18/h7-11,14,18H,3-6,12-13H2,1-2H3,(H,22,24). The van der Waals surface area contributed by atoms with Gasteiger partial charge in [0.15, 0.2) is 0 Å². The quantitative estimate of drug-likeness (QED) is 0.803. The third-order valence-electron chi connectivity index (χ3n) is 4.88. The van der Waals surface area contributed by atoms with E-state index in [0.717, 1.165) is 32.3 Å². The van der Waals surface area contributed by atoms with Gasteiger partial charge in [0, 0.05) is 31.5 Å². The molecule has 1 aromatic carbocycles. The van der Waals surface area contributed by atoms with Crippen molar-refractivity contribution in [3.05, 3.63) is 53.5 Å². The summed E-state index contributed by atoms with van der Waals surface area (Å²) in [5.41, 5.74) is 1.74. The number of amides is 2. The highest BCUT2D eigenvalue weighted by Crippen LogP contribution is 2.18.